The van der Waals surface area contributed by atoms with E-state index in [2.05, 4.69) is 10.1 Å². The van der Waals surface area contributed by atoms with Crippen LogP contribution < -0.4 is 10.6 Å². The molecule has 0 spiro atoms. The van der Waals surface area contributed by atoms with Gasteiger partial charge in [-0.3, -0.25) is 9.59 Å². The number of aromatic nitrogens is 2. The Hall–Kier alpha value is -2.90. The topological polar surface area (TPSA) is 106 Å². The van der Waals surface area contributed by atoms with E-state index in [0.717, 1.165) is 5.69 Å². The molecule has 0 saturated carbocycles. The van der Waals surface area contributed by atoms with Crippen LogP contribution in [0.1, 0.15) is 21.8 Å². The number of carbonyl (C=O) groups excluding carboxylic acids is 2. The molecule has 0 bridgehead atoms. The fraction of sp³-hybridized carbons (Fsp3) is 0.375. The van der Waals surface area contributed by atoms with E-state index in [0.29, 0.717) is 43.3 Å². The Kier molecular flexibility index (Phi) is 4.45. The zero-order valence-corrected chi connectivity index (χ0v) is 13.4. The van der Waals surface area contributed by atoms with Crippen LogP contribution in [0.2, 0.25) is 0 Å². The van der Waals surface area contributed by atoms with Crippen molar-refractivity contribution in [2.24, 2.45) is 5.73 Å². The van der Waals surface area contributed by atoms with Gasteiger partial charge in [0, 0.05) is 38.4 Å². The Balaban J connectivity index is 1.62. The van der Waals surface area contributed by atoms with Gasteiger partial charge in [0.05, 0.1) is 17.7 Å². The molecule has 1 saturated heterocycles. The highest BCUT2D eigenvalue weighted by molar-refractivity contribution is 5.97. The molecule has 3 heterocycles. The Bertz CT molecular complexity index is 750. The van der Waals surface area contributed by atoms with E-state index in [9.17, 15) is 9.59 Å². The summed E-state index contributed by atoms with van der Waals surface area (Å²) in [5, 5.41) is 3.79. The molecule has 0 aromatic carbocycles. The van der Waals surface area contributed by atoms with Crippen LogP contribution in [0.4, 0.5) is 5.82 Å². The van der Waals surface area contributed by atoms with Gasteiger partial charge in [-0.1, -0.05) is 5.16 Å². The van der Waals surface area contributed by atoms with E-state index in [1.54, 1.807) is 29.3 Å². The SMILES string of the molecule is Cc1cc(CC(=O)N2CCN(c3ncccc3C(N)=O)CC2)on1. The highest BCUT2D eigenvalue weighted by Gasteiger charge is 2.25. The molecule has 1 aliphatic rings. The first kappa shape index (κ1) is 16.0. The number of pyridine rings is 1. The van der Waals surface area contributed by atoms with Crippen molar-refractivity contribution in [2.75, 3.05) is 31.1 Å². The molecule has 24 heavy (non-hydrogen) atoms. The Morgan fingerprint density at radius 3 is 2.67 bits per heavy atom. The van der Waals surface area contributed by atoms with Crippen molar-refractivity contribution >= 4 is 17.6 Å². The predicted octanol–water partition coefficient (Wildman–Crippen LogP) is 0.368. The van der Waals surface area contributed by atoms with Crippen LogP contribution in [0.3, 0.4) is 0 Å². The third kappa shape index (κ3) is 3.37. The van der Waals surface area contributed by atoms with Crippen LogP contribution in [-0.2, 0) is 11.2 Å². The average molecular weight is 329 g/mol. The molecular weight excluding hydrogens is 310 g/mol. The van der Waals surface area contributed by atoms with Gasteiger partial charge in [-0.05, 0) is 19.1 Å². The summed E-state index contributed by atoms with van der Waals surface area (Å²) in [5.41, 5.74) is 6.56. The first-order valence-corrected chi connectivity index (χ1v) is 7.74. The highest BCUT2D eigenvalue weighted by atomic mass is 16.5. The van der Waals surface area contributed by atoms with Crippen LogP contribution in [0.25, 0.3) is 0 Å². The number of nitrogens with zero attached hydrogens (tertiary/aromatic N) is 4. The van der Waals surface area contributed by atoms with Gasteiger partial charge in [-0.25, -0.2) is 4.98 Å². The zero-order valence-electron chi connectivity index (χ0n) is 13.4. The number of hydrogen-bond acceptors (Lipinski definition) is 6. The summed E-state index contributed by atoms with van der Waals surface area (Å²) in [7, 11) is 0. The van der Waals surface area contributed by atoms with Crippen molar-refractivity contribution in [1.29, 1.82) is 0 Å². The van der Waals surface area contributed by atoms with Crippen LogP contribution >= 0.6 is 0 Å². The number of carbonyl (C=O) groups is 2. The van der Waals surface area contributed by atoms with Crippen LogP contribution in [0.15, 0.2) is 28.9 Å². The molecule has 8 heteroatoms. The number of primary amides is 1. The van der Waals surface area contributed by atoms with Gasteiger partial charge in [-0.2, -0.15) is 0 Å². The van der Waals surface area contributed by atoms with Gasteiger partial charge in [0.2, 0.25) is 5.91 Å². The lowest BCUT2D eigenvalue weighted by Crippen LogP contribution is -2.49. The summed E-state index contributed by atoms with van der Waals surface area (Å²) >= 11 is 0. The normalized spacial score (nSPS) is 14.7. The summed E-state index contributed by atoms with van der Waals surface area (Å²) in [6.07, 6.45) is 1.84. The Morgan fingerprint density at radius 2 is 2.04 bits per heavy atom. The van der Waals surface area contributed by atoms with Gasteiger partial charge in [0.15, 0.2) is 0 Å². The van der Waals surface area contributed by atoms with Crippen LogP contribution in [0, 0.1) is 6.92 Å². The maximum Gasteiger partial charge on any atom is 0.252 e. The largest absolute Gasteiger partial charge is 0.365 e. The summed E-state index contributed by atoms with van der Waals surface area (Å²) in [6, 6.07) is 5.11. The van der Waals surface area contributed by atoms with E-state index in [-0.39, 0.29) is 12.3 Å². The second-order valence-electron chi connectivity index (χ2n) is 5.72. The molecule has 3 rings (SSSR count). The molecule has 0 aliphatic carbocycles. The maximum atomic E-state index is 12.3. The number of rotatable bonds is 4. The van der Waals surface area contributed by atoms with E-state index in [1.165, 1.54) is 0 Å². The van der Waals surface area contributed by atoms with Crippen molar-refractivity contribution in [3.8, 4) is 0 Å². The van der Waals surface area contributed by atoms with Gasteiger partial charge >= 0.3 is 0 Å². The predicted molar refractivity (Wildman–Crippen MR) is 86.5 cm³/mol. The molecule has 0 radical (unpaired) electrons. The number of hydrogen-bond donors (Lipinski definition) is 1. The quantitative estimate of drug-likeness (QED) is 0.868. The minimum atomic E-state index is -0.503. The standard InChI is InChI=1S/C16H19N5O3/c1-11-9-12(24-19-11)10-14(22)20-5-7-21(8-6-20)16-13(15(17)23)3-2-4-18-16/h2-4,9H,5-8,10H2,1H3,(H2,17,23). The summed E-state index contributed by atoms with van der Waals surface area (Å²) < 4.78 is 5.09. The first-order valence-electron chi connectivity index (χ1n) is 7.74. The number of anilines is 1. The van der Waals surface area contributed by atoms with Crippen LogP contribution in [0.5, 0.6) is 0 Å². The van der Waals surface area contributed by atoms with E-state index >= 15 is 0 Å². The van der Waals surface area contributed by atoms with Gasteiger partial charge in [0.1, 0.15) is 11.6 Å². The van der Waals surface area contributed by atoms with E-state index in [1.807, 2.05) is 11.8 Å². The minimum Gasteiger partial charge on any atom is -0.365 e. The zero-order chi connectivity index (χ0) is 17.1. The molecule has 1 aliphatic heterocycles. The summed E-state index contributed by atoms with van der Waals surface area (Å²) in [4.78, 5) is 31.9. The van der Waals surface area contributed by atoms with Crippen molar-refractivity contribution in [1.82, 2.24) is 15.0 Å². The second-order valence-corrected chi connectivity index (χ2v) is 5.72. The molecule has 2 aromatic heterocycles. The van der Waals surface area contributed by atoms with Crippen molar-refractivity contribution in [2.45, 2.75) is 13.3 Å². The summed E-state index contributed by atoms with van der Waals surface area (Å²) in [6.45, 7) is 4.12. The molecule has 0 atom stereocenters. The molecular formula is C16H19N5O3. The van der Waals surface area contributed by atoms with Gasteiger partial charge in [-0.15, -0.1) is 0 Å². The number of piperazine rings is 1. The van der Waals surface area contributed by atoms with Crippen molar-refractivity contribution < 1.29 is 14.1 Å². The fourth-order valence-electron chi connectivity index (χ4n) is 2.77. The minimum absolute atomic E-state index is 0.00180. The third-order valence-corrected chi connectivity index (χ3v) is 3.99. The average Bonchev–Trinajstić information content (AvgIpc) is 3.00. The highest BCUT2D eigenvalue weighted by Crippen LogP contribution is 2.19. The number of amides is 2. The molecule has 1 fully saturated rings. The third-order valence-electron chi connectivity index (χ3n) is 3.99. The lowest BCUT2D eigenvalue weighted by atomic mass is 10.2. The fourth-order valence-corrected chi connectivity index (χ4v) is 2.77. The lowest BCUT2D eigenvalue weighted by molar-refractivity contribution is -0.131. The number of nitrogens with two attached hydrogens (primary N) is 1. The smallest absolute Gasteiger partial charge is 0.252 e. The first-order chi connectivity index (χ1) is 11.5. The van der Waals surface area contributed by atoms with Gasteiger partial charge < -0.3 is 20.1 Å². The Labute approximate surface area is 139 Å². The van der Waals surface area contributed by atoms with E-state index in [4.69, 9.17) is 10.3 Å². The lowest BCUT2D eigenvalue weighted by Gasteiger charge is -2.35. The molecule has 8 nitrogen and oxygen atoms in total. The second kappa shape index (κ2) is 6.69. The molecule has 2 aromatic rings. The van der Waals surface area contributed by atoms with Gasteiger partial charge in [0.25, 0.3) is 5.91 Å². The van der Waals surface area contributed by atoms with Crippen LogP contribution in [-0.4, -0.2) is 53.0 Å². The number of aryl methyl sites for hydroxylation is 1. The van der Waals surface area contributed by atoms with Crippen molar-refractivity contribution in [3.05, 3.63) is 41.4 Å². The molecule has 2 N–H and O–H groups in total. The Morgan fingerprint density at radius 1 is 1.29 bits per heavy atom. The molecule has 0 unspecified atom stereocenters. The van der Waals surface area contributed by atoms with E-state index < -0.39 is 5.91 Å². The monoisotopic (exact) mass is 329 g/mol. The summed E-state index contributed by atoms with van der Waals surface area (Å²) in [5.74, 6) is 0.642. The maximum absolute atomic E-state index is 12.3. The molecule has 2 amide bonds. The van der Waals surface area contributed by atoms with Crippen molar-refractivity contribution in [3.63, 3.8) is 0 Å². The molecule has 126 valence electrons.